The van der Waals surface area contributed by atoms with E-state index in [1.165, 1.54) is 5.56 Å². The molecule has 108 valence electrons. The number of amides is 1. The summed E-state index contributed by atoms with van der Waals surface area (Å²) >= 11 is 3.85. The van der Waals surface area contributed by atoms with Crippen molar-refractivity contribution in [2.24, 2.45) is 16.7 Å². The molecule has 4 heteroatoms. The van der Waals surface area contributed by atoms with E-state index in [9.17, 15) is 4.79 Å². The molecule has 1 unspecified atom stereocenters. The van der Waals surface area contributed by atoms with E-state index >= 15 is 0 Å². The predicted octanol–water partition coefficient (Wildman–Crippen LogP) is 4.14. The normalized spacial score (nSPS) is 24.4. The van der Waals surface area contributed by atoms with Crippen LogP contribution in [0.3, 0.4) is 0 Å². The van der Waals surface area contributed by atoms with Gasteiger partial charge in [0.25, 0.3) is 5.91 Å². The molecule has 1 aromatic carbocycles. The van der Waals surface area contributed by atoms with Crippen LogP contribution >= 0.6 is 15.9 Å². The fourth-order valence-electron chi connectivity index (χ4n) is 3.44. The summed E-state index contributed by atoms with van der Waals surface area (Å²) in [4.78, 5) is 11.7. The van der Waals surface area contributed by atoms with Crippen molar-refractivity contribution in [3.8, 4) is 5.75 Å². The van der Waals surface area contributed by atoms with Crippen LogP contribution < -0.4 is 10.1 Å². The molecule has 1 heterocycles. The topological polar surface area (TPSA) is 38.3 Å². The molecule has 1 atom stereocenters. The molecule has 3 rings (SSSR count). The number of anilines is 1. The number of nitrogens with one attached hydrogen (secondary N) is 1. The van der Waals surface area contributed by atoms with Crippen molar-refractivity contribution >= 4 is 27.5 Å². The van der Waals surface area contributed by atoms with E-state index in [0.29, 0.717) is 16.7 Å². The molecule has 3 nitrogen and oxygen atoms in total. The van der Waals surface area contributed by atoms with Crippen LogP contribution in [0.25, 0.3) is 0 Å². The number of carbonyl (C=O) groups excluding carboxylic acids is 1. The number of benzene rings is 1. The summed E-state index contributed by atoms with van der Waals surface area (Å²) in [6.45, 7) is 9.36. The van der Waals surface area contributed by atoms with Gasteiger partial charge in [-0.05, 0) is 34.4 Å². The molecule has 0 saturated heterocycles. The van der Waals surface area contributed by atoms with Crippen LogP contribution in [0.4, 0.5) is 5.69 Å². The second-order valence-corrected chi connectivity index (χ2v) is 7.90. The Labute approximate surface area is 128 Å². The first-order chi connectivity index (χ1) is 9.25. The number of ether oxygens (including phenoxy) is 1. The van der Waals surface area contributed by atoms with Crippen LogP contribution in [0.2, 0.25) is 0 Å². The molecular weight excluding hydrogens is 318 g/mol. The first-order valence-electron chi connectivity index (χ1n) is 6.96. The maximum absolute atomic E-state index is 11.4. The van der Waals surface area contributed by atoms with Gasteiger partial charge in [-0.2, -0.15) is 0 Å². The van der Waals surface area contributed by atoms with Gasteiger partial charge < -0.3 is 10.1 Å². The third-order valence-corrected chi connectivity index (χ3v) is 6.44. The largest absolute Gasteiger partial charge is 0.482 e. The van der Waals surface area contributed by atoms with Crippen molar-refractivity contribution < 1.29 is 9.53 Å². The van der Waals surface area contributed by atoms with Crippen molar-refractivity contribution in [2.45, 2.75) is 32.5 Å². The number of carbonyl (C=O) groups is 1. The van der Waals surface area contributed by atoms with Gasteiger partial charge in [-0.15, -0.1) is 0 Å². The molecule has 1 aliphatic heterocycles. The van der Waals surface area contributed by atoms with E-state index in [4.69, 9.17) is 4.74 Å². The van der Waals surface area contributed by atoms with Gasteiger partial charge in [0.1, 0.15) is 5.75 Å². The Bertz CT molecular complexity index is 566. The zero-order valence-electron chi connectivity index (χ0n) is 12.3. The average molecular weight is 338 g/mol. The number of halogens is 1. The molecule has 0 aromatic heterocycles. The zero-order valence-corrected chi connectivity index (χ0v) is 13.9. The molecule has 1 aromatic rings. The summed E-state index contributed by atoms with van der Waals surface area (Å²) in [5, 5.41) is 2.87. The van der Waals surface area contributed by atoms with E-state index in [-0.39, 0.29) is 17.3 Å². The standard InChI is InChI=1S/C16H20BrNO2/c1-15(2)14(16(15,3)4)13(17)9-5-6-11-10(7-9)18-12(19)8-20-11/h5-7,13-14H,8H2,1-4H3,(H,18,19). The molecule has 0 bridgehead atoms. The van der Waals surface area contributed by atoms with Gasteiger partial charge in [-0.25, -0.2) is 0 Å². The van der Waals surface area contributed by atoms with Crippen molar-refractivity contribution in [1.82, 2.24) is 0 Å². The van der Waals surface area contributed by atoms with Crippen LogP contribution in [0, 0.1) is 16.7 Å². The van der Waals surface area contributed by atoms with Crippen LogP contribution in [0.1, 0.15) is 38.1 Å². The Kier molecular flexibility index (Phi) is 2.95. The van der Waals surface area contributed by atoms with Crippen molar-refractivity contribution in [3.63, 3.8) is 0 Å². The van der Waals surface area contributed by atoms with Gasteiger partial charge in [0.2, 0.25) is 0 Å². The minimum absolute atomic E-state index is 0.0899. The molecule has 1 fully saturated rings. The Morgan fingerprint density at radius 2 is 1.95 bits per heavy atom. The van der Waals surface area contributed by atoms with Crippen LogP contribution in [-0.2, 0) is 4.79 Å². The Hall–Kier alpha value is -1.03. The molecule has 0 radical (unpaired) electrons. The first-order valence-corrected chi connectivity index (χ1v) is 7.87. The molecular formula is C16H20BrNO2. The molecule has 20 heavy (non-hydrogen) atoms. The molecule has 1 N–H and O–H groups in total. The highest BCUT2D eigenvalue weighted by Gasteiger charge is 2.66. The molecule has 1 saturated carbocycles. The average Bonchev–Trinajstić information content (AvgIpc) is 2.78. The minimum Gasteiger partial charge on any atom is -0.482 e. The quantitative estimate of drug-likeness (QED) is 0.823. The summed E-state index contributed by atoms with van der Waals surface area (Å²) in [5.74, 6) is 1.24. The lowest BCUT2D eigenvalue weighted by molar-refractivity contribution is -0.118. The van der Waals surface area contributed by atoms with Crippen LogP contribution in [-0.4, -0.2) is 12.5 Å². The molecule has 2 aliphatic rings. The number of alkyl halides is 1. The van der Waals surface area contributed by atoms with Gasteiger partial charge in [-0.1, -0.05) is 49.7 Å². The number of rotatable bonds is 2. The minimum atomic E-state index is -0.0899. The SMILES string of the molecule is CC1(C)C(C(Br)c2ccc3c(c2)NC(=O)CO3)C1(C)C. The van der Waals surface area contributed by atoms with Crippen LogP contribution in [0.5, 0.6) is 5.75 Å². The number of hydrogen-bond acceptors (Lipinski definition) is 2. The third-order valence-electron chi connectivity index (χ3n) is 5.38. The van der Waals surface area contributed by atoms with Gasteiger partial charge in [0, 0.05) is 4.83 Å². The summed E-state index contributed by atoms with van der Waals surface area (Å²) < 4.78 is 5.40. The smallest absolute Gasteiger partial charge is 0.262 e. The Morgan fingerprint density at radius 1 is 1.30 bits per heavy atom. The fourth-order valence-corrected chi connectivity index (χ4v) is 5.05. The molecule has 1 amide bonds. The highest BCUT2D eigenvalue weighted by Crippen LogP contribution is 2.74. The summed E-state index contributed by atoms with van der Waals surface area (Å²) in [5.41, 5.74) is 2.60. The first kappa shape index (κ1) is 13.9. The maximum Gasteiger partial charge on any atom is 0.262 e. The highest BCUT2D eigenvalue weighted by atomic mass is 79.9. The van der Waals surface area contributed by atoms with E-state index in [0.717, 1.165) is 11.4 Å². The number of hydrogen-bond donors (Lipinski definition) is 1. The lowest BCUT2D eigenvalue weighted by atomic mass is 10.0. The zero-order chi connectivity index (χ0) is 14.7. The fraction of sp³-hybridized carbons (Fsp3) is 0.562. The Morgan fingerprint density at radius 3 is 2.55 bits per heavy atom. The lowest BCUT2D eigenvalue weighted by Gasteiger charge is -2.20. The van der Waals surface area contributed by atoms with E-state index in [1.807, 2.05) is 12.1 Å². The highest BCUT2D eigenvalue weighted by molar-refractivity contribution is 9.09. The summed E-state index contributed by atoms with van der Waals surface area (Å²) in [6.07, 6.45) is 0. The second-order valence-electron chi connectivity index (χ2n) is 6.92. The van der Waals surface area contributed by atoms with Crippen molar-refractivity contribution in [1.29, 1.82) is 0 Å². The monoisotopic (exact) mass is 337 g/mol. The maximum atomic E-state index is 11.4. The van der Waals surface area contributed by atoms with Crippen molar-refractivity contribution in [3.05, 3.63) is 23.8 Å². The second kappa shape index (κ2) is 4.23. The van der Waals surface area contributed by atoms with E-state index < -0.39 is 0 Å². The van der Waals surface area contributed by atoms with Gasteiger partial charge >= 0.3 is 0 Å². The van der Waals surface area contributed by atoms with Crippen LogP contribution in [0.15, 0.2) is 18.2 Å². The summed E-state index contributed by atoms with van der Waals surface area (Å²) in [6, 6.07) is 6.05. The van der Waals surface area contributed by atoms with Gasteiger partial charge in [-0.3, -0.25) is 4.79 Å². The molecule has 1 aliphatic carbocycles. The summed E-state index contributed by atoms with van der Waals surface area (Å²) in [7, 11) is 0. The number of fused-ring (bicyclic) bond motifs is 1. The van der Waals surface area contributed by atoms with E-state index in [1.54, 1.807) is 0 Å². The Balaban J connectivity index is 1.89. The lowest BCUT2D eigenvalue weighted by Crippen LogP contribution is -2.25. The third kappa shape index (κ3) is 1.88. The van der Waals surface area contributed by atoms with Gasteiger partial charge in [0.15, 0.2) is 6.61 Å². The van der Waals surface area contributed by atoms with Gasteiger partial charge in [0.05, 0.1) is 5.69 Å². The predicted molar refractivity (Wildman–Crippen MR) is 83.3 cm³/mol. The van der Waals surface area contributed by atoms with Crippen molar-refractivity contribution in [2.75, 3.05) is 11.9 Å². The molecule has 0 spiro atoms. The van der Waals surface area contributed by atoms with E-state index in [2.05, 4.69) is 55.0 Å².